The van der Waals surface area contributed by atoms with Gasteiger partial charge in [-0.25, -0.2) is 0 Å². The zero-order valence-corrected chi connectivity index (χ0v) is 13.7. The van der Waals surface area contributed by atoms with E-state index >= 15 is 0 Å². The van der Waals surface area contributed by atoms with Gasteiger partial charge in [-0.2, -0.15) is 0 Å². The van der Waals surface area contributed by atoms with Crippen molar-refractivity contribution in [1.29, 1.82) is 0 Å². The second-order valence-corrected chi connectivity index (χ2v) is 6.75. The number of halogens is 1. The lowest BCUT2D eigenvalue weighted by molar-refractivity contribution is 0.0376. The molecule has 1 amide bonds. The highest BCUT2D eigenvalue weighted by Gasteiger charge is 2.39. The van der Waals surface area contributed by atoms with Gasteiger partial charge in [0.1, 0.15) is 5.75 Å². The molecule has 2 aliphatic heterocycles. The number of anilines is 1. The largest absolute Gasteiger partial charge is 0.496 e. The molecule has 1 aromatic carbocycles. The number of likely N-dealkylation sites (N-methyl/N-ethyl adjacent to an activating group) is 1. The summed E-state index contributed by atoms with van der Waals surface area (Å²) in [5, 5.41) is 3.53. The van der Waals surface area contributed by atoms with E-state index in [1.54, 1.807) is 12.1 Å². The fraction of sp³-hybridized carbons (Fsp3) is 0.562. The maximum absolute atomic E-state index is 12.6. The molecule has 0 unspecified atom stereocenters. The molecule has 4 rings (SSSR count). The van der Waals surface area contributed by atoms with Crippen LogP contribution in [0.25, 0.3) is 0 Å². The summed E-state index contributed by atoms with van der Waals surface area (Å²) in [6.45, 7) is 1.13. The molecule has 2 saturated heterocycles. The highest BCUT2D eigenvalue weighted by atomic mass is 35.5. The molecule has 0 aromatic heterocycles. The first kappa shape index (κ1) is 15.4. The van der Waals surface area contributed by atoms with Crippen LogP contribution in [0.15, 0.2) is 12.1 Å². The Balaban J connectivity index is 1.79. The predicted octanol–water partition coefficient (Wildman–Crippen LogP) is 2.14. The van der Waals surface area contributed by atoms with Gasteiger partial charge in [0.15, 0.2) is 0 Å². The summed E-state index contributed by atoms with van der Waals surface area (Å²) < 4.78 is 5.26. The molecule has 2 bridgehead atoms. The van der Waals surface area contributed by atoms with Crippen LogP contribution in [-0.2, 0) is 0 Å². The number of amides is 1. The van der Waals surface area contributed by atoms with Gasteiger partial charge < -0.3 is 20.7 Å². The van der Waals surface area contributed by atoms with Crippen LogP contribution < -0.4 is 15.8 Å². The van der Waals surface area contributed by atoms with Crippen molar-refractivity contribution in [3.63, 3.8) is 0 Å². The number of hydrogen-bond acceptors (Lipinski definition) is 4. The number of benzene rings is 1. The van der Waals surface area contributed by atoms with E-state index in [0.29, 0.717) is 34.0 Å². The van der Waals surface area contributed by atoms with Gasteiger partial charge >= 0.3 is 0 Å². The Hall–Kier alpha value is -1.46. The molecule has 2 heterocycles. The van der Waals surface area contributed by atoms with Crippen molar-refractivity contribution in [2.45, 2.75) is 31.3 Å². The third kappa shape index (κ3) is 2.75. The maximum atomic E-state index is 12.6. The Morgan fingerprint density at radius 3 is 2.86 bits per heavy atom. The number of piperidine rings is 2. The number of carbonyl (C=O) groups excluding carboxylic acids is 1. The number of nitrogens with zero attached hydrogens (tertiary/aromatic N) is 1. The van der Waals surface area contributed by atoms with Crippen molar-refractivity contribution in [2.75, 3.05) is 26.4 Å². The van der Waals surface area contributed by atoms with Gasteiger partial charge in [-0.1, -0.05) is 11.6 Å². The standard InChI is InChI=1S/C16H22ClN3O2/c1-20-8-9-3-4-14(20)13(5-9)19-16(21)10-6-11(17)12(18)7-15(10)22-2/h6-7,9,13-14H,3-5,8,18H2,1-2H3,(H,19,21)/t9-,13-,14+/m0/s1. The lowest BCUT2D eigenvalue weighted by atomic mass is 9.77. The van der Waals surface area contributed by atoms with Crippen molar-refractivity contribution in [3.05, 3.63) is 22.7 Å². The first-order valence-corrected chi connectivity index (χ1v) is 8.01. The van der Waals surface area contributed by atoms with Crippen LogP contribution in [0.5, 0.6) is 5.75 Å². The number of fused-ring (bicyclic) bond motifs is 3. The van der Waals surface area contributed by atoms with Crippen LogP contribution in [0.3, 0.4) is 0 Å². The second-order valence-electron chi connectivity index (χ2n) is 6.34. The lowest BCUT2D eigenvalue weighted by Gasteiger charge is -2.48. The summed E-state index contributed by atoms with van der Waals surface area (Å²) in [5.74, 6) is 0.982. The van der Waals surface area contributed by atoms with E-state index in [1.165, 1.54) is 13.5 Å². The molecule has 5 nitrogen and oxygen atoms in total. The summed E-state index contributed by atoms with van der Waals surface area (Å²) in [6, 6.07) is 3.78. The molecule has 0 spiro atoms. The van der Waals surface area contributed by atoms with Gasteiger partial charge in [-0.15, -0.1) is 0 Å². The summed E-state index contributed by atoms with van der Waals surface area (Å²) >= 11 is 6.05. The lowest BCUT2D eigenvalue weighted by Crippen LogP contribution is -2.59. The minimum atomic E-state index is -0.148. The zero-order valence-electron chi connectivity index (χ0n) is 12.9. The SMILES string of the molecule is COc1cc(N)c(Cl)cc1C(=O)N[C@H]1C[C@@H]2CC[C@H]1N(C)C2. The third-order valence-electron chi connectivity index (χ3n) is 4.91. The fourth-order valence-corrected chi connectivity index (χ4v) is 3.96. The molecule has 120 valence electrons. The number of hydrogen-bond donors (Lipinski definition) is 2. The molecular weight excluding hydrogens is 302 g/mol. The minimum Gasteiger partial charge on any atom is -0.496 e. The van der Waals surface area contributed by atoms with Gasteiger partial charge in [-0.05, 0) is 38.3 Å². The minimum absolute atomic E-state index is 0.148. The first-order valence-electron chi connectivity index (χ1n) is 7.63. The molecule has 3 aliphatic rings. The van der Waals surface area contributed by atoms with E-state index < -0.39 is 0 Å². The van der Waals surface area contributed by atoms with Gasteiger partial charge in [-0.3, -0.25) is 4.79 Å². The van der Waals surface area contributed by atoms with E-state index in [4.69, 9.17) is 22.1 Å². The molecule has 3 atom stereocenters. The Morgan fingerprint density at radius 2 is 2.23 bits per heavy atom. The Labute approximate surface area is 135 Å². The topological polar surface area (TPSA) is 67.6 Å². The summed E-state index contributed by atoms with van der Waals surface area (Å²) in [5.41, 5.74) is 6.61. The third-order valence-corrected chi connectivity index (χ3v) is 5.24. The quantitative estimate of drug-likeness (QED) is 0.836. The highest BCUT2D eigenvalue weighted by Crippen LogP contribution is 2.35. The molecule has 22 heavy (non-hydrogen) atoms. The van der Waals surface area contributed by atoms with Crippen molar-refractivity contribution in [1.82, 2.24) is 10.2 Å². The number of nitrogen functional groups attached to an aromatic ring is 1. The number of methoxy groups -OCH3 is 1. The molecule has 3 fully saturated rings. The van der Waals surface area contributed by atoms with Gasteiger partial charge in [0.25, 0.3) is 5.91 Å². The summed E-state index contributed by atoms with van der Waals surface area (Å²) in [4.78, 5) is 15.0. The molecule has 3 N–H and O–H groups in total. The van der Waals surface area contributed by atoms with E-state index in [9.17, 15) is 4.79 Å². The number of rotatable bonds is 3. The van der Waals surface area contributed by atoms with E-state index in [-0.39, 0.29) is 11.9 Å². The predicted molar refractivity (Wildman–Crippen MR) is 87.4 cm³/mol. The average molecular weight is 324 g/mol. The number of ether oxygens (including phenoxy) is 1. The highest BCUT2D eigenvalue weighted by molar-refractivity contribution is 6.33. The van der Waals surface area contributed by atoms with Gasteiger partial charge in [0, 0.05) is 24.7 Å². The Kier molecular flexibility index (Phi) is 4.19. The average Bonchev–Trinajstić information content (AvgIpc) is 2.49. The van der Waals surface area contributed by atoms with Crippen LogP contribution in [0.2, 0.25) is 5.02 Å². The van der Waals surface area contributed by atoms with E-state index in [1.807, 2.05) is 0 Å². The van der Waals surface area contributed by atoms with Crippen molar-refractivity contribution in [3.8, 4) is 5.75 Å². The van der Waals surface area contributed by atoms with Gasteiger partial charge in [0.05, 0.1) is 23.4 Å². The second kappa shape index (κ2) is 5.97. The van der Waals surface area contributed by atoms with Crippen molar-refractivity contribution < 1.29 is 9.53 Å². The summed E-state index contributed by atoms with van der Waals surface area (Å²) in [6.07, 6.45) is 3.45. The molecule has 6 heteroatoms. The molecule has 0 radical (unpaired) electrons. The van der Waals surface area contributed by atoms with Crippen LogP contribution in [0.1, 0.15) is 29.6 Å². The molecule has 1 saturated carbocycles. The van der Waals surface area contributed by atoms with Crippen molar-refractivity contribution >= 4 is 23.2 Å². The fourth-order valence-electron chi connectivity index (χ4n) is 3.79. The smallest absolute Gasteiger partial charge is 0.255 e. The number of carbonyl (C=O) groups is 1. The monoisotopic (exact) mass is 323 g/mol. The zero-order chi connectivity index (χ0) is 15.9. The summed E-state index contributed by atoms with van der Waals surface area (Å²) in [7, 11) is 3.66. The Bertz CT molecular complexity index is 593. The Morgan fingerprint density at radius 1 is 1.45 bits per heavy atom. The van der Waals surface area contributed by atoms with E-state index in [2.05, 4.69) is 17.3 Å². The molecule has 1 aliphatic carbocycles. The van der Waals surface area contributed by atoms with Crippen molar-refractivity contribution in [2.24, 2.45) is 5.92 Å². The van der Waals surface area contributed by atoms with Crippen LogP contribution in [0.4, 0.5) is 5.69 Å². The van der Waals surface area contributed by atoms with Crippen LogP contribution in [-0.4, -0.2) is 43.6 Å². The van der Waals surface area contributed by atoms with E-state index in [0.717, 1.165) is 19.4 Å². The van der Waals surface area contributed by atoms with Crippen LogP contribution in [0, 0.1) is 5.92 Å². The van der Waals surface area contributed by atoms with Crippen LogP contribution >= 0.6 is 11.6 Å². The number of nitrogens with two attached hydrogens (primary N) is 1. The molecular formula is C16H22ClN3O2. The maximum Gasteiger partial charge on any atom is 0.255 e. The number of nitrogens with one attached hydrogen (secondary N) is 1. The normalized spacial score (nSPS) is 27.7. The molecule has 1 aromatic rings. The first-order chi connectivity index (χ1) is 10.5. The van der Waals surface area contributed by atoms with Gasteiger partial charge in [0.2, 0.25) is 0 Å².